The van der Waals surface area contributed by atoms with Crippen LogP contribution < -0.4 is 5.32 Å². The van der Waals surface area contributed by atoms with E-state index in [9.17, 15) is 0 Å². The van der Waals surface area contributed by atoms with Gasteiger partial charge in [0, 0.05) is 28.5 Å². The number of hydrogen-bond acceptors (Lipinski definition) is 3. The number of nitrogens with one attached hydrogen (secondary N) is 1. The number of hydrogen-bond donors (Lipinski definition) is 1. The van der Waals surface area contributed by atoms with Gasteiger partial charge in [0.1, 0.15) is 5.82 Å². The van der Waals surface area contributed by atoms with E-state index < -0.39 is 0 Å². The van der Waals surface area contributed by atoms with Gasteiger partial charge in [0.2, 0.25) is 0 Å². The molecule has 3 aromatic rings. The largest absolute Gasteiger partial charge is 0.365 e. The van der Waals surface area contributed by atoms with Crippen LogP contribution in [0.2, 0.25) is 5.02 Å². The molecule has 0 fully saturated rings. The van der Waals surface area contributed by atoms with Crippen molar-refractivity contribution in [3.63, 3.8) is 0 Å². The fourth-order valence-electron chi connectivity index (χ4n) is 2.27. The Bertz CT molecular complexity index is 837. The van der Waals surface area contributed by atoms with E-state index >= 15 is 0 Å². The van der Waals surface area contributed by atoms with E-state index in [1.54, 1.807) is 12.3 Å². The molecular weight excluding hydrogens is 282 g/mol. The van der Waals surface area contributed by atoms with Crippen LogP contribution >= 0.6 is 11.6 Å². The first kappa shape index (κ1) is 13.4. The molecule has 102 valence electrons. The molecule has 1 aromatic heterocycles. The lowest BCUT2D eigenvalue weighted by Gasteiger charge is -2.10. The van der Waals surface area contributed by atoms with Crippen LogP contribution in [-0.4, -0.2) is 4.98 Å². The van der Waals surface area contributed by atoms with Crippen molar-refractivity contribution in [3.8, 4) is 6.07 Å². The first-order valence-electron chi connectivity index (χ1n) is 6.54. The van der Waals surface area contributed by atoms with Crippen molar-refractivity contribution < 1.29 is 0 Å². The van der Waals surface area contributed by atoms with Crippen molar-refractivity contribution in [1.82, 2.24) is 4.98 Å². The zero-order valence-corrected chi connectivity index (χ0v) is 11.9. The van der Waals surface area contributed by atoms with E-state index in [2.05, 4.69) is 16.4 Å². The van der Waals surface area contributed by atoms with Crippen molar-refractivity contribution in [1.29, 1.82) is 5.26 Å². The fraction of sp³-hybridized carbons (Fsp3) is 0.0588. The van der Waals surface area contributed by atoms with Gasteiger partial charge in [0.15, 0.2) is 0 Å². The van der Waals surface area contributed by atoms with Crippen LogP contribution in [0.5, 0.6) is 0 Å². The van der Waals surface area contributed by atoms with Crippen molar-refractivity contribution in [2.24, 2.45) is 0 Å². The summed E-state index contributed by atoms with van der Waals surface area (Å²) < 4.78 is 0. The third-order valence-corrected chi connectivity index (χ3v) is 3.70. The molecule has 3 rings (SSSR count). The highest BCUT2D eigenvalue weighted by molar-refractivity contribution is 6.31. The minimum absolute atomic E-state index is 0.586. The van der Waals surface area contributed by atoms with E-state index in [0.29, 0.717) is 12.1 Å². The molecule has 0 amide bonds. The highest BCUT2D eigenvalue weighted by Crippen LogP contribution is 2.25. The Labute approximate surface area is 127 Å². The van der Waals surface area contributed by atoms with Crippen LogP contribution in [0.4, 0.5) is 5.82 Å². The normalized spacial score (nSPS) is 10.3. The van der Waals surface area contributed by atoms with Gasteiger partial charge in [-0.3, -0.25) is 0 Å². The number of fused-ring (bicyclic) bond motifs is 1. The summed E-state index contributed by atoms with van der Waals surface area (Å²) in [7, 11) is 0. The van der Waals surface area contributed by atoms with Gasteiger partial charge >= 0.3 is 0 Å². The highest BCUT2D eigenvalue weighted by Gasteiger charge is 2.06. The van der Waals surface area contributed by atoms with Gasteiger partial charge in [-0.05, 0) is 23.8 Å². The number of anilines is 1. The van der Waals surface area contributed by atoms with Gasteiger partial charge in [-0.25, -0.2) is 4.98 Å². The standard InChI is InChI=1S/C17H12ClN3/c18-16-7-2-1-4-13(16)11-21-17-15-6-3-5-12(10-19)14(15)8-9-20-17/h1-9H,11H2,(H,20,21). The summed E-state index contributed by atoms with van der Waals surface area (Å²) in [6.45, 7) is 0.586. The van der Waals surface area contributed by atoms with Gasteiger partial charge in [-0.15, -0.1) is 0 Å². The van der Waals surface area contributed by atoms with Crippen LogP contribution in [0.25, 0.3) is 10.8 Å². The van der Waals surface area contributed by atoms with Crippen LogP contribution in [0.1, 0.15) is 11.1 Å². The number of pyridine rings is 1. The number of nitrogens with zero attached hydrogens (tertiary/aromatic N) is 2. The molecule has 1 heterocycles. The Morgan fingerprint density at radius 2 is 1.90 bits per heavy atom. The molecule has 21 heavy (non-hydrogen) atoms. The molecule has 4 heteroatoms. The smallest absolute Gasteiger partial charge is 0.134 e. The lowest BCUT2D eigenvalue weighted by atomic mass is 10.1. The number of nitriles is 1. The lowest BCUT2D eigenvalue weighted by molar-refractivity contribution is 1.12. The summed E-state index contributed by atoms with van der Waals surface area (Å²) >= 11 is 6.15. The molecule has 0 spiro atoms. The number of aromatic nitrogens is 1. The van der Waals surface area contributed by atoms with E-state index in [0.717, 1.165) is 27.2 Å². The van der Waals surface area contributed by atoms with Crippen LogP contribution in [0, 0.1) is 11.3 Å². The molecule has 0 radical (unpaired) electrons. The topological polar surface area (TPSA) is 48.7 Å². The van der Waals surface area contributed by atoms with Gasteiger partial charge in [0.05, 0.1) is 11.6 Å². The van der Waals surface area contributed by atoms with Gasteiger partial charge in [-0.2, -0.15) is 5.26 Å². The van der Waals surface area contributed by atoms with Gasteiger partial charge in [0.25, 0.3) is 0 Å². The predicted molar refractivity (Wildman–Crippen MR) is 85.2 cm³/mol. The summed E-state index contributed by atoms with van der Waals surface area (Å²) in [5, 5.41) is 15.0. The second kappa shape index (κ2) is 5.82. The molecule has 0 saturated heterocycles. The van der Waals surface area contributed by atoms with Crippen molar-refractivity contribution in [3.05, 3.63) is 70.9 Å². The SMILES string of the molecule is N#Cc1cccc2c(NCc3ccccc3Cl)nccc12. The summed E-state index contributed by atoms with van der Waals surface area (Å²) in [4.78, 5) is 4.36. The summed E-state index contributed by atoms with van der Waals surface area (Å²) in [6.07, 6.45) is 1.71. The maximum Gasteiger partial charge on any atom is 0.134 e. The monoisotopic (exact) mass is 293 g/mol. The fourth-order valence-corrected chi connectivity index (χ4v) is 2.47. The van der Waals surface area contributed by atoms with Gasteiger partial charge < -0.3 is 5.32 Å². The van der Waals surface area contributed by atoms with Crippen LogP contribution in [-0.2, 0) is 6.54 Å². The minimum Gasteiger partial charge on any atom is -0.365 e. The molecule has 0 aliphatic rings. The molecule has 0 bridgehead atoms. The molecule has 1 N–H and O–H groups in total. The zero-order valence-electron chi connectivity index (χ0n) is 11.2. The Morgan fingerprint density at radius 3 is 2.71 bits per heavy atom. The predicted octanol–water partition coefficient (Wildman–Crippen LogP) is 4.37. The quantitative estimate of drug-likeness (QED) is 0.780. The van der Waals surface area contributed by atoms with E-state index in [1.165, 1.54) is 0 Å². The Morgan fingerprint density at radius 1 is 1.05 bits per heavy atom. The molecule has 0 saturated carbocycles. The average Bonchev–Trinajstić information content (AvgIpc) is 2.53. The van der Waals surface area contributed by atoms with Crippen molar-refractivity contribution in [2.45, 2.75) is 6.54 Å². The maximum atomic E-state index is 9.16. The molecule has 0 aliphatic carbocycles. The zero-order chi connectivity index (χ0) is 14.7. The third kappa shape index (κ3) is 2.67. The number of halogens is 1. The molecule has 3 nitrogen and oxygen atoms in total. The van der Waals surface area contributed by atoms with Crippen LogP contribution in [0.15, 0.2) is 54.7 Å². The second-order valence-corrected chi connectivity index (χ2v) is 5.02. The van der Waals surface area contributed by atoms with Crippen molar-refractivity contribution >= 4 is 28.2 Å². The summed E-state index contributed by atoms with van der Waals surface area (Å²) in [5.41, 5.74) is 1.66. The van der Waals surface area contributed by atoms with E-state index in [-0.39, 0.29) is 0 Å². The lowest BCUT2D eigenvalue weighted by Crippen LogP contribution is -2.02. The van der Waals surface area contributed by atoms with E-state index in [4.69, 9.17) is 16.9 Å². The average molecular weight is 294 g/mol. The minimum atomic E-state index is 0.586. The summed E-state index contributed by atoms with van der Waals surface area (Å²) in [5.74, 6) is 0.754. The first-order valence-corrected chi connectivity index (χ1v) is 6.92. The molecule has 0 unspecified atom stereocenters. The van der Waals surface area contributed by atoms with Crippen molar-refractivity contribution in [2.75, 3.05) is 5.32 Å². The molecule has 0 aliphatic heterocycles. The Hall–Kier alpha value is -2.57. The Kier molecular flexibility index (Phi) is 3.72. The maximum absolute atomic E-state index is 9.16. The first-order chi connectivity index (χ1) is 10.3. The molecular formula is C17H12ClN3. The Balaban J connectivity index is 1.95. The third-order valence-electron chi connectivity index (χ3n) is 3.33. The van der Waals surface area contributed by atoms with Crippen LogP contribution in [0.3, 0.4) is 0 Å². The molecule has 0 atom stereocenters. The summed E-state index contributed by atoms with van der Waals surface area (Å²) in [6, 6.07) is 17.4. The molecule has 2 aromatic carbocycles. The number of rotatable bonds is 3. The highest BCUT2D eigenvalue weighted by atomic mass is 35.5. The second-order valence-electron chi connectivity index (χ2n) is 4.62. The van der Waals surface area contributed by atoms with E-state index in [1.807, 2.05) is 42.5 Å². The van der Waals surface area contributed by atoms with Gasteiger partial charge in [-0.1, -0.05) is 41.9 Å². The number of benzene rings is 2.